The third kappa shape index (κ3) is 4.42. The zero-order valence-electron chi connectivity index (χ0n) is 10.7. The molecule has 0 aliphatic carbocycles. The molecule has 5 heteroatoms. The van der Waals surface area contributed by atoms with E-state index in [1.165, 1.54) is 31.1 Å². The number of rotatable bonds is 4. The molecule has 0 spiro atoms. The van der Waals surface area contributed by atoms with E-state index in [1.807, 2.05) is 11.8 Å². The minimum Gasteiger partial charge on any atom is -0.312 e. The second kappa shape index (κ2) is 6.66. The minimum absolute atomic E-state index is 0.284. The van der Waals surface area contributed by atoms with Gasteiger partial charge in [0, 0.05) is 18.3 Å². The Morgan fingerprint density at radius 1 is 1.21 bits per heavy atom. The Kier molecular flexibility index (Phi) is 5.16. The summed E-state index contributed by atoms with van der Waals surface area (Å²) in [5, 5.41) is 3.71. The molecule has 1 aromatic rings. The number of halogens is 3. The van der Waals surface area contributed by atoms with Gasteiger partial charge in [0.15, 0.2) is 0 Å². The van der Waals surface area contributed by atoms with E-state index < -0.39 is 11.7 Å². The van der Waals surface area contributed by atoms with Gasteiger partial charge in [-0.15, -0.1) is 0 Å². The average Bonchev–Trinajstić information content (AvgIpc) is 2.39. The van der Waals surface area contributed by atoms with Crippen LogP contribution >= 0.6 is 11.8 Å². The van der Waals surface area contributed by atoms with Crippen LogP contribution in [0.25, 0.3) is 0 Å². The first-order valence-corrected chi connectivity index (χ1v) is 7.59. The molecule has 2 rings (SSSR count). The maximum Gasteiger partial charge on any atom is 0.416 e. The lowest BCUT2D eigenvalue weighted by atomic mass is 10.1. The second-order valence-electron chi connectivity index (χ2n) is 4.77. The molecule has 0 aromatic heterocycles. The Morgan fingerprint density at radius 2 is 2.00 bits per heavy atom. The zero-order chi connectivity index (χ0) is 13.7. The molecule has 1 heterocycles. The molecule has 1 fully saturated rings. The summed E-state index contributed by atoms with van der Waals surface area (Å²) in [5.74, 6) is 1.17. The number of hydrogen-bond donors (Lipinski definition) is 1. The number of benzene rings is 1. The van der Waals surface area contributed by atoms with Crippen LogP contribution in [0.1, 0.15) is 30.4 Å². The summed E-state index contributed by atoms with van der Waals surface area (Å²) in [6.45, 7) is 1.07. The molecule has 1 unspecified atom stereocenters. The fourth-order valence-electron chi connectivity index (χ4n) is 2.29. The molecule has 0 amide bonds. The van der Waals surface area contributed by atoms with Gasteiger partial charge in [0.2, 0.25) is 0 Å². The lowest BCUT2D eigenvalue weighted by Crippen LogP contribution is -2.27. The van der Waals surface area contributed by atoms with E-state index >= 15 is 0 Å². The van der Waals surface area contributed by atoms with Gasteiger partial charge in [-0.2, -0.15) is 24.9 Å². The van der Waals surface area contributed by atoms with Crippen LogP contribution in [0.4, 0.5) is 13.2 Å². The number of hydrogen-bond acceptors (Lipinski definition) is 2. The van der Waals surface area contributed by atoms with Gasteiger partial charge in [-0.25, -0.2) is 0 Å². The molecule has 1 aliphatic rings. The highest BCUT2D eigenvalue weighted by atomic mass is 32.2. The van der Waals surface area contributed by atoms with Gasteiger partial charge in [0.05, 0.1) is 5.56 Å². The fraction of sp³-hybridized carbons (Fsp3) is 0.571. The Morgan fingerprint density at radius 3 is 2.68 bits per heavy atom. The van der Waals surface area contributed by atoms with Crippen molar-refractivity contribution < 1.29 is 13.2 Å². The quantitative estimate of drug-likeness (QED) is 0.896. The molecule has 1 aromatic carbocycles. The topological polar surface area (TPSA) is 12.0 Å². The van der Waals surface area contributed by atoms with Crippen molar-refractivity contribution in [1.29, 1.82) is 0 Å². The predicted octanol–water partition coefficient (Wildman–Crippen LogP) is 4.08. The van der Waals surface area contributed by atoms with E-state index in [4.69, 9.17) is 0 Å². The summed E-state index contributed by atoms with van der Waals surface area (Å²) in [6, 6.07) is 5.78. The van der Waals surface area contributed by atoms with Crippen LogP contribution in [0.15, 0.2) is 24.3 Å². The largest absolute Gasteiger partial charge is 0.416 e. The second-order valence-corrected chi connectivity index (χ2v) is 6.18. The van der Waals surface area contributed by atoms with Crippen LogP contribution < -0.4 is 5.32 Å². The fourth-order valence-corrected chi connectivity index (χ4v) is 3.56. The maximum atomic E-state index is 12.8. The van der Waals surface area contributed by atoms with E-state index in [9.17, 15) is 13.2 Å². The summed E-state index contributed by atoms with van der Waals surface area (Å²) in [7, 11) is 0. The zero-order valence-corrected chi connectivity index (χ0v) is 11.5. The summed E-state index contributed by atoms with van der Waals surface area (Å²) in [6.07, 6.45) is -0.604. The lowest BCUT2D eigenvalue weighted by Gasteiger charge is -2.22. The van der Waals surface area contributed by atoms with Crippen LogP contribution in [0.2, 0.25) is 0 Å². The van der Waals surface area contributed by atoms with E-state index in [1.54, 1.807) is 12.1 Å². The molecule has 106 valence electrons. The van der Waals surface area contributed by atoms with Crippen molar-refractivity contribution in [2.75, 3.05) is 12.3 Å². The summed E-state index contributed by atoms with van der Waals surface area (Å²) < 4.78 is 38.4. The summed E-state index contributed by atoms with van der Waals surface area (Å²) in [4.78, 5) is 0. The van der Waals surface area contributed by atoms with Crippen LogP contribution in [0.3, 0.4) is 0 Å². The molecule has 0 radical (unpaired) electrons. The van der Waals surface area contributed by atoms with Crippen molar-refractivity contribution in [3.8, 4) is 0 Å². The van der Waals surface area contributed by atoms with Crippen molar-refractivity contribution in [3.05, 3.63) is 35.4 Å². The van der Waals surface area contributed by atoms with E-state index in [0.29, 0.717) is 10.8 Å². The monoisotopic (exact) mass is 289 g/mol. The maximum absolute atomic E-state index is 12.8. The van der Waals surface area contributed by atoms with E-state index in [2.05, 4.69) is 5.32 Å². The van der Waals surface area contributed by atoms with Gasteiger partial charge < -0.3 is 5.32 Å². The Labute approximate surface area is 116 Å². The van der Waals surface area contributed by atoms with Gasteiger partial charge >= 0.3 is 6.18 Å². The van der Waals surface area contributed by atoms with Crippen molar-refractivity contribution in [1.82, 2.24) is 5.32 Å². The standard InChI is InChI=1S/C14H18F3NS/c15-14(16,17)13-7-2-1-5-11(13)9-18-10-12-6-3-4-8-19-12/h1-2,5,7,12,18H,3-4,6,8-10H2. The molecule has 0 saturated carbocycles. The first-order chi connectivity index (χ1) is 9.07. The molecule has 1 aliphatic heterocycles. The van der Waals surface area contributed by atoms with Crippen LogP contribution in [0.5, 0.6) is 0 Å². The number of alkyl halides is 3. The third-order valence-electron chi connectivity index (χ3n) is 3.28. The highest BCUT2D eigenvalue weighted by Gasteiger charge is 2.32. The third-order valence-corrected chi connectivity index (χ3v) is 4.68. The van der Waals surface area contributed by atoms with Crippen LogP contribution in [-0.2, 0) is 12.7 Å². The van der Waals surface area contributed by atoms with Crippen molar-refractivity contribution in [2.45, 2.75) is 37.2 Å². The van der Waals surface area contributed by atoms with Gasteiger partial charge in [0.1, 0.15) is 0 Å². The Bertz CT molecular complexity index is 400. The first kappa shape index (κ1) is 14.7. The minimum atomic E-state index is -4.27. The van der Waals surface area contributed by atoms with Crippen molar-refractivity contribution in [3.63, 3.8) is 0 Å². The molecule has 1 saturated heterocycles. The highest BCUT2D eigenvalue weighted by molar-refractivity contribution is 7.99. The predicted molar refractivity (Wildman–Crippen MR) is 73.2 cm³/mol. The van der Waals surface area contributed by atoms with Gasteiger partial charge in [-0.3, -0.25) is 0 Å². The highest BCUT2D eigenvalue weighted by Crippen LogP contribution is 2.31. The molecule has 19 heavy (non-hydrogen) atoms. The number of thioether (sulfide) groups is 1. The first-order valence-electron chi connectivity index (χ1n) is 6.55. The number of nitrogens with one attached hydrogen (secondary N) is 1. The Balaban J connectivity index is 1.88. The van der Waals surface area contributed by atoms with Crippen LogP contribution in [-0.4, -0.2) is 17.5 Å². The average molecular weight is 289 g/mol. The van der Waals surface area contributed by atoms with E-state index in [-0.39, 0.29) is 6.54 Å². The van der Waals surface area contributed by atoms with Gasteiger partial charge in [0.25, 0.3) is 0 Å². The molecule has 1 N–H and O–H groups in total. The van der Waals surface area contributed by atoms with Gasteiger partial charge in [-0.05, 0) is 30.2 Å². The van der Waals surface area contributed by atoms with Crippen molar-refractivity contribution >= 4 is 11.8 Å². The normalized spacial score (nSPS) is 20.5. The molecule has 1 nitrogen and oxygen atoms in total. The smallest absolute Gasteiger partial charge is 0.312 e. The van der Waals surface area contributed by atoms with Gasteiger partial charge in [-0.1, -0.05) is 24.6 Å². The Hall–Kier alpha value is -0.680. The van der Waals surface area contributed by atoms with Crippen molar-refractivity contribution in [2.24, 2.45) is 0 Å². The van der Waals surface area contributed by atoms with E-state index in [0.717, 1.165) is 12.6 Å². The lowest BCUT2D eigenvalue weighted by molar-refractivity contribution is -0.138. The molecule has 0 bridgehead atoms. The molecular weight excluding hydrogens is 271 g/mol. The van der Waals surface area contributed by atoms with Crippen LogP contribution in [0, 0.1) is 0 Å². The summed E-state index contributed by atoms with van der Waals surface area (Å²) in [5.41, 5.74) is -0.199. The summed E-state index contributed by atoms with van der Waals surface area (Å²) >= 11 is 1.92. The SMILES string of the molecule is FC(F)(F)c1ccccc1CNCC1CCCCS1. The molecule has 1 atom stereocenters. The molecular formula is C14H18F3NS.